The molecule has 1 saturated carbocycles. The number of pyridine rings is 1. The molecule has 4 aromatic rings. The number of rotatable bonds is 5. The Bertz CT molecular complexity index is 1820. The molecule has 244 valence electrons. The number of nitrogens with zero attached hydrogens (tertiary/aromatic N) is 4. The van der Waals surface area contributed by atoms with Crippen molar-refractivity contribution in [2.45, 2.75) is 76.1 Å². The van der Waals surface area contributed by atoms with Gasteiger partial charge < -0.3 is 30.0 Å². The second-order valence-electron chi connectivity index (χ2n) is 14.6. The van der Waals surface area contributed by atoms with E-state index >= 15 is 0 Å². The minimum atomic E-state index is -0.428. The molecule has 1 aliphatic carbocycles. The van der Waals surface area contributed by atoms with Crippen LogP contribution in [0.1, 0.15) is 72.5 Å². The molecular weight excluding hydrogens is 588 g/mol. The van der Waals surface area contributed by atoms with E-state index in [9.17, 15) is 4.79 Å². The molecule has 9 heteroatoms. The Morgan fingerprint density at radius 3 is 2.70 bits per heavy atom. The molecule has 0 bridgehead atoms. The van der Waals surface area contributed by atoms with Crippen molar-refractivity contribution in [2.75, 3.05) is 42.6 Å². The summed E-state index contributed by atoms with van der Waals surface area (Å²) in [4.78, 5) is 28.5. The summed E-state index contributed by atoms with van der Waals surface area (Å²) in [5.74, 6) is 0.123. The number of fused-ring (bicyclic) bond motifs is 3. The summed E-state index contributed by atoms with van der Waals surface area (Å²) in [6, 6.07) is 20.6. The Labute approximate surface area is 276 Å². The summed E-state index contributed by atoms with van der Waals surface area (Å²) >= 11 is 0. The maximum atomic E-state index is 12.9. The van der Waals surface area contributed by atoms with E-state index in [2.05, 4.69) is 69.1 Å². The number of primary amides is 1. The van der Waals surface area contributed by atoms with Crippen LogP contribution in [-0.4, -0.2) is 71.8 Å². The Kier molecular flexibility index (Phi) is 6.98. The highest BCUT2D eigenvalue weighted by atomic mass is 16.5. The number of hydrogen-bond donors (Lipinski definition) is 2. The van der Waals surface area contributed by atoms with Gasteiger partial charge in [-0.3, -0.25) is 9.69 Å². The van der Waals surface area contributed by atoms with E-state index in [0.29, 0.717) is 42.2 Å². The van der Waals surface area contributed by atoms with E-state index in [1.807, 2.05) is 18.3 Å². The van der Waals surface area contributed by atoms with Crippen LogP contribution in [0.25, 0.3) is 11.0 Å². The number of hydrogen-bond acceptors (Lipinski definition) is 7. The lowest BCUT2D eigenvalue weighted by Gasteiger charge is -2.56. The van der Waals surface area contributed by atoms with Crippen LogP contribution in [-0.2, 0) is 4.74 Å². The van der Waals surface area contributed by atoms with Crippen LogP contribution in [0.15, 0.2) is 60.8 Å². The molecule has 4 aliphatic heterocycles. The number of amides is 1. The maximum absolute atomic E-state index is 12.9. The summed E-state index contributed by atoms with van der Waals surface area (Å²) < 4.78 is 12.2. The van der Waals surface area contributed by atoms with Crippen molar-refractivity contribution < 1.29 is 14.3 Å². The number of nitrogens with two attached hydrogens (primary N) is 1. The van der Waals surface area contributed by atoms with E-state index in [0.717, 1.165) is 47.6 Å². The molecule has 4 fully saturated rings. The average molecular weight is 633 g/mol. The number of benzene rings is 2. The van der Waals surface area contributed by atoms with Gasteiger partial charge in [0.25, 0.3) is 5.91 Å². The zero-order valence-electron chi connectivity index (χ0n) is 27.2. The molecule has 3 atom stereocenters. The van der Waals surface area contributed by atoms with Crippen LogP contribution in [0.3, 0.4) is 0 Å². The highest BCUT2D eigenvalue weighted by Crippen LogP contribution is 2.54. The summed E-state index contributed by atoms with van der Waals surface area (Å²) in [6.07, 6.45) is 10.1. The van der Waals surface area contributed by atoms with Crippen LogP contribution in [0.4, 0.5) is 17.1 Å². The summed E-state index contributed by atoms with van der Waals surface area (Å²) in [5, 5.41) is 0.999. The minimum Gasteiger partial charge on any atom is -0.468 e. The molecule has 6 heterocycles. The lowest BCUT2D eigenvalue weighted by molar-refractivity contribution is -0.0227. The number of ether oxygens (including phenoxy) is 2. The second kappa shape index (κ2) is 11.3. The molecular formula is C38H44N6O3. The fraction of sp³-hybridized carbons (Fsp3) is 0.474. The highest BCUT2D eigenvalue weighted by Gasteiger charge is 2.50. The largest absolute Gasteiger partial charge is 0.468 e. The number of likely N-dealkylation sites (tertiary alicyclic amines) is 1. The first-order valence-electron chi connectivity index (χ1n) is 17.5. The SMILES string of the molecule is Cc1ccccc1[C@@H]1CCCN1C1CC2(CCN(c3ccc(C(N)=O)c(N4c5cc6cc[nH]c6nc5O[C@H]5COCC[C@@H]54)c3)CC2)C1. The zero-order chi connectivity index (χ0) is 31.7. The summed E-state index contributed by atoms with van der Waals surface area (Å²) in [6.45, 7) is 6.66. The molecule has 3 N–H and O–H groups in total. The summed E-state index contributed by atoms with van der Waals surface area (Å²) in [7, 11) is 0. The van der Waals surface area contributed by atoms with Gasteiger partial charge in [0.05, 0.1) is 23.9 Å². The van der Waals surface area contributed by atoms with Gasteiger partial charge in [-0.15, -0.1) is 0 Å². The van der Waals surface area contributed by atoms with E-state index in [-0.39, 0.29) is 12.1 Å². The Balaban J connectivity index is 0.963. The number of carbonyl (C=O) groups excluding carboxylic acids is 1. The summed E-state index contributed by atoms with van der Waals surface area (Å²) in [5.41, 5.74) is 13.6. The average Bonchev–Trinajstić information content (AvgIpc) is 3.75. The molecule has 0 unspecified atom stereocenters. The van der Waals surface area contributed by atoms with Gasteiger partial charge in [-0.25, -0.2) is 0 Å². The molecule has 9 rings (SSSR count). The lowest BCUT2D eigenvalue weighted by atomic mass is 9.59. The third-order valence-corrected chi connectivity index (χ3v) is 11.9. The minimum absolute atomic E-state index is 0.00779. The quantitative estimate of drug-likeness (QED) is 0.269. The van der Waals surface area contributed by atoms with Crippen molar-refractivity contribution in [3.05, 3.63) is 77.5 Å². The van der Waals surface area contributed by atoms with Crippen LogP contribution < -0.4 is 20.3 Å². The normalized spacial score (nSPS) is 25.8. The monoisotopic (exact) mass is 632 g/mol. The van der Waals surface area contributed by atoms with E-state index in [1.165, 1.54) is 56.2 Å². The maximum Gasteiger partial charge on any atom is 0.250 e. The van der Waals surface area contributed by atoms with Gasteiger partial charge in [-0.1, -0.05) is 24.3 Å². The van der Waals surface area contributed by atoms with Crippen molar-refractivity contribution in [1.29, 1.82) is 0 Å². The molecule has 2 aromatic carbocycles. The standard InChI is InChI=1S/C38H44N6O3/c1-24-5-2-3-6-28(24)30-7-4-15-43(30)27-21-38(22-27)12-16-42(17-13-38)26-8-9-29(35(39)45)32(20-26)44-31-11-18-46-23-34(31)47-37-33(44)19-25-10-14-40-36(25)41-37/h2-3,5-6,8-10,14,19-20,27,30-31,34H,4,7,11-13,15-18,21-23H2,1H3,(H2,39,45)(H,40,41)/t30-,31-,34-/m0/s1. The van der Waals surface area contributed by atoms with Crippen molar-refractivity contribution in [3.8, 4) is 5.88 Å². The van der Waals surface area contributed by atoms with Gasteiger partial charge >= 0.3 is 0 Å². The molecule has 9 nitrogen and oxygen atoms in total. The molecule has 1 spiro atoms. The molecule has 47 heavy (non-hydrogen) atoms. The smallest absolute Gasteiger partial charge is 0.250 e. The Hall–Kier alpha value is -4.08. The lowest BCUT2D eigenvalue weighted by Crippen LogP contribution is -2.55. The highest BCUT2D eigenvalue weighted by molar-refractivity contribution is 6.01. The van der Waals surface area contributed by atoms with E-state index < -0.39 is 5.91 Å². The number of H-pyrrole nitrogens is 1. The van der Waals surface area contributed by atoms with Crippen LogP contribution >= 0.6 is 0 Å². The molecule has 1 amide bonds. The van der Waals surface area contributed by atoms with Crippen molar-refractivity contribution in [1.82, 2.24) is 14.9 Å². The molecule has 5 aliphatic rings. The van der Waals surface area contributed by atoms with Gasteiger partial charge in [0.2, 0.25) is 5.88 Å². The van der Waals surface area contributed by atoms with Gasteiger partial charge in [-0.2, -0.15) is 4.98 Å². The number of anilines is 3. The number of carbonyl (C=O) groups is 1. The zero-order valence-corrected chi connectivity index (χ0v) is 27.2. The molecule has 3 saturated heterocycles. The Morgan fingerprint density at radius 1 is 1.02 bits per heavy atom. The predicted molar refractivity (Wildman–Crippen MR) is 184 cm³/mol. The van der Waals surface area contributed by atoms with E-state index in [4.69, 9.17) is 20.2 Å². The van der Waals surface area contributed by atoms with Crippen LogP contribution in [0, 0.1) is 12.3 Å². The third kappa shape index (κ3) is 4.89. The first-order valence-corrected chi connectivity index (χ1v) is 17.5. The van der Waals surface area contributed by atoms with E-state index in [1.54, 1.807) is 0 Å². The fourth-order valence-corrected chi connectivity index (χ4v) is 9.42. The van der Waals surface area contributed by atoms with Crippen molar-refractivity contribution in [2.24, 2.45) is 11.1 Å². The topological polar surface area (TPSA) is 100.0 Å². The predicted octanol–water partition coefficient (Wildman–Crippen LogP) is 6.24. The van der Waals surface area contributed by atoms with Crippen LogP contribution in [0.5, 0.6) is 5.88 Å². The number of aryl methyl sites for hydroxylation is 1. The Morgan fingerprint density at radius 2 is 1.87 bits per heavy atom. The van der Waals surface area contributed by atoms with Crippen molar-refractivity contribution >= 4 is 34.0 Å². The number of nitrogens with one attached hydrogen (secondary N) is 1. The van der Waals surface area contributed by atoms with Crippen molar-refractivity contribution in [3.63, 3.8) is 0 Å². The van der Waals surface area contributed by atoms with Crippen LogP contribution in [0.2, 0.25) is 0 Å². The third-order valence-electron chi connectivity index (χ3n) is 11.9. The number of piperidine rings is 1. The molecule has 0 radical (unpaired) electrons. The molecule has 2 aromatic heterocycles. The first-order chi connectivity index (χ1) is 23.0. The van der Waals surface area contributed by atoms with Gasteiger partial charge in [0, 0.05) is 49.1 Å². The number of aromatic amines is 1. The van der Waals surface area contributed by atoms with Gasteiger partial charge in [0.1, 0.15) is 17.4 Å². The van der Waals surface area contributed by atoms with Gasteiger partial charge in [-0.05, 0) is 105 Å². The fourth-order valence-electron chi connectivity index (χ4n) is 9.42. The van der Waals surface area contributed by atoms with Gasteiger partial charge in [0.15, 0.2) is 0 Å². The second-order valence-corrected chi connectivity index (χ2v) is 14.6. The first kappa shape index (κ1) is 29.1. The number of aromatic nitrogens is 2.